The van der Waals surface area contributed by atoms with Gasteiger partial charge in [0.25, 0.3) is 0 Å². The Kier molecular flexibility index (Phi) is 1.75. The van der Waals surface area contributed by atoms with Gasteiger partial charge in [0, 0.05) is 5.41 Å². The zero-order chi connectivity index (χ0) is 12.4. The molecule has 1 fully saturated rings. The Labute approximate surface area is 112 Å². The monoisotopic (exact) mass is 249 g/mol. The minimum atomic E-state index is 0.202. The Morgan fingerprint density at radius 1 is 0.895 bits per heavy atom. The lowest BCUT2D eigenvalue weighted by Gasteiger charge is -2.26. The third-order valence-electron chi connectivity index (χ3n) is 5.14. The van der Waals surface area contributed by atoms with E-state index >= 15 is 0 Å². The maximum absolute atomic E-state index is 5.97. The summed E-state index contributed by atoms with van der Waals surface area (Å²) in [6, 6.07) is 17.9. The zero-order valence-corrected chi connectivity index (χ0v) is 10.6. The van der Waals surface area contributed by atoms with Crippen LogP contribution in [-0.2, 0) is 17.7 Å². The molecule has 0 saturated carbocycles. The second-order valence-electron chi connectivity index (χ2n) is 6.03. The predicted molar refractivity (Wildman–Crippen MR) is 72.4 cm³/mol. The van der Waals surface area contributed by atoms with E-state index in [0.29, 0.717) is 6.04 Å². The highest BCUT2D eigenvalue weighted by atomic mass is 16.7. The highest BCUT2D eigenvalue weighted by molar-refractivity contribution is 5.47. The van der Waals surface area contributed by atoms with Crippen LogP contribution in [0.4, 0.5) is 0 Å². The molecule has 19 heavy (non-hydrogen) atoms. The summed E-state index contributed by atoms with van der Waals surface area (Å²) in [5.74, 6) is 0. The van der Waals surface area contributed by atoms with Crippen molar-refractivity contribution < 1.29 is 4.84 Å². The molecule has 3 atom stereocenters. The summed E-state index contributed by atoms with van der Waals surface area (Å²) in [4.78, 5) is 5.97. The van der Waals surface area contributed by atoms with E-state index in [0.717, 1.165) is 12.8 Å². The van der Waals surface area contributed by atoms with E-state index in [1.807, 2.05) is 0 Å². The third kappa shape index (κ3) is 1.10. The molecule has 0 radical (unpaired) electrons. The van der Waals surface area contributed by atoms with Crippen LogP contribution in [0.25, 0.3) is 0 Å². The van der Waals surface area contributed by atoms with Crippen molar-refractivity contribution in [1.82, 2.24) is 5.48 Å². The van der Waals surface area contributed by atoms with Gasteiger partial charge in [-0.3, -0.25) is 4.84 Å². The lowest BCUT2D eigenvalue weighted by molar-refractivity contribution is 0.00512. The molecule has 5 rings (SSSR count). The van der Waals surface area contributed by atoms with Gasteiger partial charge in [0.15, 0.2) is 0 Å². The van der Waals surface area contributed by atoms with Crippen molar-refractivity contribution in [3.63, 3.8) is 0 Å². The van der Waals surface area contributed by atoms with Crippen LogP contribution in [-0.4, -0.2) is 0 Å². The van der Waals surface area contributed by atoms with Crippen molar-refractivity contribution in [2.24, 2.45) is 5.41 Å². The van der Waals surface area contributed by atoms with Crippen LogP contribution >= 0.6 is 0 Å². The van der Waals surface area contributed by atoms with E-state index in [1.165, 1.54) is 22.3 Å². The quantitative estimate of drug-likeness (QED) is 0.774. The van der Waals surface area contributed by atoms with Crippen LogP contribution in [0.3, 0.4) is 0 Å². The molecule has 0 bridgehead atoms. The molecular formula is C17H15NO. The molecule has 3 unspecified atom stereocenters. The second-order valence-corrected chi connectivity index (χ2v) is 6.03. The van der Waals surface area contributed by atoms with Gasteiger partial charge in [-0.1, -0.05) is 48.5 Å². The molecule has 0 aromatic heterocycles. The Bertz CT molecular complexity index is 619. The lowest BCUT2D eigenvalue weighted by atomic mass is 9.77. The van der Waals surface area contributed by atoms with Crippen LogP contribution in [0.1, 0.15) is 34.4 Å². The van der Waals surface area contributed by atoms with Gasteiger partial charge >= 0.3 is 0 Å². The van der Waals surface area contributed by atoms with Crippen molar-refractivity contribution in [3.8, 4) is 0 Å². The first kappa shape index (κ1) is 10.2. The van der Waals surface area contributed by atoms with E-state index in [2.05, 4.69) is 54.0 Å². The Morgan fingerprint density at radius 3 is 2.32 bits per heavy atom. The third-order valence-corrected chi connectivity index (χ3v) is 5.14. The number of nitrogens with one attached hydrogen (secondary N) is 1. The Balaban J connectivity index is 1.70. The minimum absolute atomic E-state index is 0.202. The standard InChI is InChI=1S/C17H15NO/c1-3-7-13-11(5-1)9-17-10-12-6-2-4-8-14(12)16(17)19-18-15(13)17/h1-8,15-16,18H,9-10H2. The molecular weight excluding hydrogens is 234 g/mol. The van der Waals surface area contributed by atoms with Crippen molar-refractivity contribution in [1.29, 1.82) is 0 Å². The maximum Gasteiger partial charge on any atom is 0.112 e. The predicted octanol–water partition coefficient (Wildman–Crippen LogP) is 3.10. The SMILES string of the molecule is c1ccc2c(c1)CC13Cc4ccccc4C1ONC23. The number of rotatable bonds is 0. The number of fused-ring (bicyclic) bond motifs is 4. The summed E-state index contributed by atoms with van der Waals surface area (Å²) in [5, 5.41) is 0. The number of hydrogen-bond donors (Lipinski definition) is 1. The normalized spacial score (nSPS) is 33.7. The van der Waals surface area contributed by atoms with Crippen LogP contribution in [0.15, 0.2) is 48.5 Å². The van der Waals surface area contributed by atoms with Crippen LogP contribution in [0.5, 0.6) is 0 Å². The van der Waals surface area contributed by atoms with Gasteiger partial charge in [0.1, 0.15) is 6.10 Å². The van der Waals surface area contributed by atoms with Gasteiger partial charge in [-0.15, -0.1) is 0 Å². The van der Waals surface area contributed by atoms with Crippen molar-refractivity contribution in [3.05, 3.63) is 70.8 Å². The van der Waals surface area contributed by atoms with E-state index in [1.54, 1.807) is 0 Å². The molecule has 1 spiro atoms. The van der Waals surface area contributed by atoms with Gasteiger partial charge in [-0.2, -0.15) is 5.48 Å². The van der Waals surface area contributed by atoms with E-state index < -0.39 is 0 Å². The van der Waals surface area contributed by atoms with Gasteiger partial charge in [-0.05, 0) is 35.1 Å². The fourth-order valence-electron chi connectivity index (χ4n) is 4.36. The average Bonchev–Trinajstić information content (AvgIpc) is 3.01. The van der Waals surface area contributed by atoms with Crippen LogP contribution < -0.4 is 5.48 Å². The number of hydroxylamine groups is 1. The van der Waals surface area contributed by atoms with Gasteiger partial charge in [0.2, 0.25) is 0 Å². The molecule has 2 nitrogen and oxygen atoms in total. The van der Waals surface area contributed by atoms with E-state index in [-0.39, 0.29) is 11.5 Å². The zero-order valence-electron chi connectivity index (χ0n) is 10.6. The fourth-order valence-corrected chi connectivity index (χ4v) is 4.36. The molecule has 1 heterocycles. The Morgan fingerprint density at radius 2 is 1.53 bits per heavy atom. The molecule has 0 amide bonds. The first-order chi connectivity index (χ1) is 9.38. The fraction of sp³-hybridized carbons (Fsp3) is 0.294. The summed E-state index contributed by atoms with van der Waals surface area (Å²) >= 11 is 0. The van der Waals surface area contributed by atoms with E-state index in [9.17, 15) is 0 Å². The highest BCUT2D eigenvalue weighted by Crippen LogP contribution is 2.63. The molecule has 1 aliphatic heterocycles. The first-order valence-corrected chi connectivity index (χ1v) is 6.95. The van der Waals surface area contributed by atoms with Gasteiger partial charge < -0.3 is 0 Å². The number of hydrogen-bond acceptors (Lipinski definition) is 2. The molecule has 94 valence electrons. The maximum atomic E-state index is 5.97. The summed E-state index contributed by atoms with van der Waals surface area (Å²) in [5.41, 5.74) is 9.27. The molecule has 2 aromatic rings. The first-order valence-electron chi connectivity index (χ1n) is 6.95. The molecule has 2 heteroatoms. The lowest BCUT2D eigenvalue weighted by Crippen LogP contribution is -2.27. The molecule has 1 saturated heterocycles. The van der Waals surface area contributed by atoms with Gasteiger partial charge in [-0.25, -0.2) is 0 Å². The van der Waals surface area contributed by atoms with E-state index in [4.69, 9.17) is 4.84 Å². The molecule has 2 aliphatic carbocycles. The minimum Gasteiger partial charge on any atom is -0.292 e. The summed E-state index contributed by atoms with van der Waals surface area (Å²) in [6.45, 7) is 0. The van der Waals surface area contributed by atoms with Crippen LogP contribution in [0, 0.1) is 5.41 Å². The Hall–Kier alpha value is -1.64. The van der Waals surface area contributed by atoms with Gasteiger partial charge in [0.05, 0.1) is 6.04 Å². The number of benzene rings is 2. The largest absolute Gasteiger partial charge is 0.292 e. The summed E-state index contributed by atoms with van der Waals surface area (Å²) in [7, 11) is 0. The highest BCUT2D eigenvalue weighted by Gasteiger charge is 2.60. The summed E-state index contributed by atoms with van der Waals surface area (Å²) in [6.07, 6.45) is 2.46. The topological polar surface area (TPSA) is 21.3 Å². The molecule has 2 aromatic carbocycles. The average molecular weight is 249 g/mol. The molecule has 1 N–H and O–H groups in total. The van der Waals surface area contributed by atoms with Crippen LogP contribution in [0.2, 0.25) is 0 Å². The smallest absolute Gasteiger partial charge is 0.112 e. The molecule has 3 aliphatic rings. The summed E-state index contributed by atoms with van der Waals surface area (Å²) < 4.78 is 0. The van der Waals surface area contributed by atoms with Crippen molar-refractivity contribution in [2.75, 3.05) is 0 Å². The van der Waals surface area contributed by atoms with Crippen molar-refractivity contribution in [2.45, 2.75) is 25.0 Å². The second kappa shape index (κ2) is 3.27. The van der Waals surface area contributed by atoms with Crippen molar-refractivity contribution >= 4 is 0 Å².